The van der Waals surface area contributed by atoms with Crippen LogP contribution >= 0.6 is 0 Å². The third-order valence-corrected chi connectivity index (χ3v) is 3.96. The van der Waals surface area contributed by atoms with Crippen LogP contribution in [-0.2, 0) is 11.3 Å². The lowest BCUT2D eigenvalue weighted by Crippen LogP contribution is -2.36. The fraction of sp³-hybridized carbons (Fsp3) is 0.381. The Labute approximate surface area is 150 Å². The van der Waals surface area contributed by atoms with Gasteiger partial charge in [0.25, 0.3) is 5.91 Å². The number of benzene rings is 2. The first-order valence-electron chi connectivity index (χ1n) is 8.63. The summed E-state index contributed by atoms with van der Waals surface area (Å²) in [6.07, 6.45) is -0.438. The molecule has 0 spiro atoms. The minimum absolute atomic E-state index is 0.121. The summed E-state index contributed by atoms with van der Waals surface area (Å²) < 4.78 is 11.5. The van der Waals surface area contributed by atoms with Crippen LogP contribution in [0.4, 0.5) is 0 Å². The summed E-state index contributed by atoms with van der Waals surface area (Å²) in [6, 6.07) is 13.6. The summed E-state index contributed by atoms with van der Waals surface area (Å²) in [6.45, 7) is 10.2. The molecule has 4 nitrogen and oxygen atoms in total. The Bertz CT molecular complexity index is 725. The number of nitrogens with one attached hydrogen (secondary N) is 1. The van der Waals surface area contributed by atoms with Crippen molar-refractivity contribution in [1.82, 2.24) is 5.32 Å². The first kappa shape index (κ1) is 18.8. The molecule has 0 aliphatic heterocycles. The third-order valence-electron chi connectivity index (χ3n) is 3.96. The van der Waals surface area contributed by atoms with Crippen LogP contribution in [0, 0.1) is 13.8 Å². The van der Waals surface area contributed by atoms with Gasteiger partial charge < -0.3 is 14.8 Å². The molecule has 2 rings (SSSR count). The van der Waals surface area contributed by atoms with Crippen molar-refractivity contribution < 1.29 is 14.3 Å². The van der Waals surface area contributed by atoms with E-state index in [-0.39, 0.29) is 12.0 Å². The minimum atomic E-state index is -0.560. The molecule has 1 amide bonds. The smallest absolute Gasteiger partial charge is 0.261 e. The molecular formula is C21H27NO3. The Hall–Kier alpha value is -2.49. The second kappa shape index (κ2) is 8.56. The van der Waals surface area contributed by atoms with Gasteiger partial charge in [0.05, 0.1) is 6.10 Å². The van der Waals surface area contributed by atoms with E-state index < -0.39 is 6.10 Å². The Kier molecular flexibility index (Phi) is 6.45. The summed E-state index contributed by atoms with van der Waals surface area (Å²) in [5.41, 5.74) is 3.19. The quantitative estimate of drug-likeness (QED) is 0.822. The van der Waals surface area contributed by atoms with Crippen LogP contribution < -0.4 is 14.8 Å². The van der Waals surface area contributed by atoms with E-state index in [1.807, 2.05) is 70.2 Å². The molecule has 0 radical (unpaired) electrons. The summed E-state index contributed by atoms with van der Waals surface area (Å²) >= 11 is 0. The molecule has 1 N–H and O–H groups in total. The first-order chi connectivity index (χ1) is 11.9. The van der Waals surface area contributed by atoms with Crippen molar-refractivity contribution in [1.29, 1.82) is 0 Å². The zero-order valence-corrected chi connectivity index (χ0v) is 15.6. The van der Waals surface area contributed by atoms with Gasteiger partial charge in [-0.15, -0.1) is 0 Å². The second-order valence-corrected chi connectivity index (χ2v) is 6.49. The van der Waals surface area contributed by atoms with E-state index in [1.165, 1.54) is 0 Å². The number of rotatable bonds is 7. The number of amides is 1. The second-order valence-electron chi connectivity index (χ2n) is 6.49. The molecule has 0 aliphatic carbocycles. The highest BCUT2D eigenvalue weighted by Crippen LogP contribution is 2.21. The van der Waals surface area contributed by atoms with Crippen molar-refractivity contribution in [2.24, 2.45) is 0 Å². The van der Waals surface area contributed by atoms with Gasteiger partial charge in [-0.05, 0) is 69.5 Å². The van der Waals surface area contributed by atoms with Gasteiger partial charge in [-0.1, -0.05) is 24.3 Å². The topological polar surface area (TPSA) is 47.6 Å². The zero-order valence-electron chi connectivity index (χ0n) is 15.6. The predicted molar refractivity (Wildman–Crippen MR) is 100 cm³/mol. The van der Waals surface area contributed by atoms with Crippen molar-refractivity contribution in [2.75, 3.05) is 0 Å². The summed E-state index contributed by atoms with van der Waals surface area (Å²) in [7, 11) is 0. The van der Waals surface area contributed by atoms with Crippen LogP contribution in [0.15, 0.2) is 42.5 Å². The van der Waals surface area contributed by atoms with E-state index in [0.717, 1.165) is 28.2 Å². The van der Waals surface area contributed by atoms with Gasteiger partial charge in [0, 0.05) is 6.54 Å². The van der Waals surface area contributed by atoms with Gasteiger partial charge in [-0.3, -0.25) is 4.79 Å². The average Bonchev–Trinajstić information content (AvgIpc) is 2.56. The molecule has 0 aliphatic rings. The Morgan fingerprint density at radius 3 is 2.48 bits per heavy atom. The molecule has 2 aromatic rings. The van der Waals surface area contributed by atoms with Gasteiger partial charge >= 0.3 is 0 Å². The number of carbonyl (C=O) groups is 1. The molecule has 0 bridgehead atoms. The van der Waals surface area contributed by atoms with Gasteiger partial charge in [0.15, 0.2) is 6.10 Å². The van der Waals surface area contributed by atoms with Gasteiger partial charge in [0.2, 0.25) is 0 Å². The maximum Gasteiger partial charge on any atom is 0.261 e. The van der Waals surface area contributed by atoms with E-state index in [9.17, 15) is 4.79 Å². The van der Waals surface area contributed by atoms with Gasteiger partial charge in [-0.25, -0.2) is 0 Å². The molecule has 25 heavy (non-hydrogen) atoms. The molecule has 134 valence electrons. The Morgan fingerprint density at radius 1 is 1.04 bits per heavy atom. The maximum atomic E-state index is 12.3. The van der Waals surface area contributed by atoms with Crippen LogP contribution in [0.3, 0.4) is 0 Å². The molecule has 0 fully saturated rings. The van der Waals surface area contributed by atoms with Crippen molar-refractivity contribution >= 4 is 5.91 Å². The monoisotopic (exact) mass is 341 g/mol. The number of hydrogen-bond donors (Lipinski definition) is 1. The fourth-order valence-electron chi connectivity index (χ4n) is 2.43. The average molecular weight is 341 g/mol. The molecule has 1 atom stereocenters. The molecule has 0 saturated heterocycles. The van der Waals surface area contributed by atoms with E-state index in [4.69, 9.17) is 9.47 Å². The van der Waals surface area contributed by atoms with Gasteiger partial charge in [-0.2, -0.15) is 0 Å². The molecule has 0 aromatic heterocycles. The zero-order chi connectivity index (χ0) is 18.4. The van der Waals surface area contributed by atoms with E-state index in [0.29, 0.717) is 6.54 Å². The number of hydrogen-bond acceptors (Lipinski definition) is 3. The van der Waals surface area contributed by atoms with Crippen molar-refractivity contribution in [3.8, 4) is 11.5 Å². The molecule has 0 unspecified atom stereocenters. The molecule has 4 heteroatoms. The number of aryl methyl sites for hydroxylation is 1. The summed E-state index contributed by atoms with van der Waals surface area (Å²) in [4.78, 5) is 12.3. The fourth-order valence-corrected chi connectivity index (χ4v) is 2.43. The van der Waals surface area contributed by atoms with Crippen LogP contribution in [0.1, 0.15) is 37.5 Å². The third kappa shape index (κ3) is 5.52. The van der Waals surface area contributed by atoms with Crippen molar-refractivity contribution in [3.63, 3.8) is 0 Å². The van der Waals surface area contributed by atoms with Crippen molar-refractivity contribution in [3.05, 3.63) is 59.2 Å². The van der Waals surface area contributed by atoms with Crippen LogP contribution in [0.5, 0.6) is 11.5 Å². The number of carbonyl (C=O) groups excluding carboxylic acids is 1. The van der Waals surface area contributed by atoms with Gasteiger partial charge in [0.1, 0.15) is 11.5 Å². The summed E-state index contributed by atoms with van der Waals surface area (Å²) in [5, 5.41) is 2.91. The lowest BCUT2D eigenvalue weighted by atomic mass is 10.1. The highest BCUT2D eigenvalue weighted by atomic mass is 16.5. The van der Waals surface area contributed by atoms with Crippen LogP contribution in [0.2, 0.25) is 0 Å². The Balaban J connectivity index is 1.92. The Morgan fingerprint density at radius 2 is 1.76 bits per heavy atom. The number of ether oxygens (including phenoxy) is 2. The predicted octanol–water partition coefficient (Wildman–Crippen LogP) is 4.17. The van der Waals surface area contributed by atoms with E-state index >= 15 is 0 Å². The molecular weight excluding hydrogens is 314 g/mol. The molecule has 0 heterocycles. The molecule has 0 saturated carbocycles. The van der Waals surface area contributed by atoms with Crippen molar-refractivity contribution in [2.45, 2.75) is 53.4 Å². The highest BCUT2D eigenvalue weighted by molar-refractivity contribution is 5.80. The first-order valence-corrected chi connectivity index (χ1v) is 8.63. The van der Waals surface area contributed by atoms with E-state index in [1.54, 1.807) is 6.92 Å². The maximum absolute atomic E-state index is 12.3. The molecule has 2 aromatic carbocycles. The van der Waals surface area contributed by atoms with Crippen LogP contribution in [-0.4, -0.2) is 18.1 Å². The standard InChI is InChI=1S/C21H27NO3/c1-14(2)24-19-10-7-9-18(12-19)13-22-21(23)17(5)25-20-11-6-8-15(3)16(20)4/h6-12,14,17H,13H2,1-5H3,(H,22,23)/t17-/m1/s1. The highest BCUT2D eigenvalue weighted by Gasteiger charge is 2.15. The SMILES string of the molecule is Cc1cccc(O[C@H](C)C(=O)NCc2cccc(OC(C)C)c2)c1C. The minimum Gasteiger partial charge on any atom is -0.491 e. The normalized spacial score (nSPS) is 11.9. The van der Waals surface area contributed by atoms with E-state index in [2.05, 4.69) is 5.32 Å². The summed E-state index contributed by atoms with van der Waals surface area (Å²) in [5.74, 6) is 1.41. The van der Waals surface area contributed by atoms with Crippen LogP contribution in [0.25, 0.3) is 0 Å². The lowest BCUT2D eigenvalue weighted by molar-refractivity contribution is -0.127. The largest absolute Gasteiger partial charge is 0.491 e. The lowest BCUT2D eigenvalue weighted by Gasteiger charge is -2.17.